The van der Waals surface area contributed by atoms with Crippen molar-refractivity contribution in [1.29, 1.82) is 0 Å². The first-order valence-corrected chi connectivity index (χ1v) is 7.66. The molecular weight excluding hydrogens is 352 g/mol. The van der Waals surface area contributed by atoms with Crippen molar-refractivity contribution in [2.45, 2.75) is 25.9 Å². The van der Waals surface area contributed by atoms with Gasteiger partial charge in [-0.05, 0) is 25.0 Å². The van der Waals surface area contributed by atoms with E-state index in [1.807, 2.05) is 25.4 Å². The van der Waals surface area contributed by atoms with Gasteiger partial charge in [-0.1, -0.05) is 48.5 Å². The van der Waals surface area contributed by atoms with Gasteiger partial charge in [-0.15, -0.1) is 0 Å². The number of imidazole rings is 1. The fourth-order valence-electron chi connectivity index (χ4n) is 2.68. The number of nitrogens with one attached hydrogen (secondary N) is 1. The highest BCUT2D eigenvalue weighted by Crippen LogP contribution is 2.23. The maximum Gasteiger partial charge on any atom is 0.259 e. The Morgan fingerprint density at radius 2 is 1.74 bits per heavy atom. The Bertz CT molecular complexity index is 738. The van der Waals surface area contributed by atoms with Crippen molar-refractivity contribution in [1.82, 2.24) is 4.98 Å². The number of aromatic nitrogens is 2. The molecule has 1 atom stereocenters. The minimum atomic E-state index is -0.291. The highest BCUT2D eigenvalue weighted by Gasteiger charge is 2.17. The molecule has 1 unspecified atom stereocenters. The zero-order valence-corrected chi connectivity index (χ0v) is 14.7. The molecule has 1 aromatic heterocycles. The van der Waals surface area contributed by atoms with Crippen molar-refractivity contribution in [2.24, 2.45) is 0 Å². The molecule has 120 valence electrons. The second kappa shape index (κ2) is 8.09. The molecule has 2 aromatic carbocycles. The van der Waals surface area contributed by atoms with Crippen LogP contribution in [-0.2, 0) is 6.42 Å². The predicted octanol–water partition coefficient (Wildman–Crippen LogP) is 0.276. The number of H-pyrrole nitrogens is 1. The van der Waals surface area contributed by atoms with Crippen molar-refractivity contribution in [3.63, 3.8) is 0 Å². The standard InChI is InChI=1S/C19H20N2O.BrH/c1-15(22)11-12-19-20-13-14-21(19)18-10-6-5-9-17(18)16-7-3-2-4-8-16;/h2-10,13-15,22H,11-12H2,1H3;1H. The average molecular weight is 373 g/mol. The second-order valence-corrected chi connectivity index (χ2v) is 5.55. The Balaban J connectivity index is 0.00000192. The molecule has 0 saturated heterocycles. The van der Waals surface area contributed by atoms with Gasteiger partial charge in [0, 0.05) is 5.56 Å². The van der Waals surface area contributed by atoms with Crippen LogP contribution >= 0.6 is 0 Å². The summed E-state index contributed by atoms with van der Waals surface area (Å²) in [6, 6.07) is 18.8. The van der Waals surface area contributed by atoms with Gasteiger partial charge < -0.3 is 22.1 Å². The Kier molecular flexibility index (Phi) is 6.13. The molecule has 4 heteroatoms. The molecule has 0 saturated carbocycles. The van der Waals surface area contributed by atoms with Gasteiger partial charge in [0.05, 0.1) is 12.5 Å². The van der Waals surface area contributed by atoms with E-state index in [0.717, 1.165) is 24.4 Å². The van der Waals surface area contributed by atoms with E-state index in [9.17, 15) is 5.11 Å². The number of aromatic amines is 1. The summed E-state index contributed by atoms with van der Waals surface area (Å²) in [4.78, 5) is 3.29. The summed E-state index contributed by atoms with van der Waals surface area (Å²) in [5.41, 5.74) is 3.55. The lowest BCUT2D eigenvalue weighted by molar-refractivity contribution is -0.602. The number of hydrogen-bond acceptors (Lipinski definition) is 1. The minimum absolute atomic E-state index is 0. The average Bonchev–Trinajstić information content (AvgIpc) is 3.02. The number of nitrogens with zero attached hydrogens (tertiary/aromatic N) is 1. The van der Waals surface area contributed by atoms with E-state index >= 15 is 0 Å². The molecule has 0 aliphatic heterocycles. The fourth-order valence-corrected chi connectivity index (χ4v) is 2.68. The van der Waals surface area contributed by atoms with Gasteiger partial charge in [0.2, 0.25) is 0 Å². The number of aryl methyl sites for hydroxylation is 1. The van der Waals surface area contributed by atoms with E-state index in [-0.39, 0.29) is 23.1 Å². The number of hydrogen-bond donors (Lipinski definition) is 2. The number of rotatable bonds is 5. The highest BCUT2D eigenvalue weighted by atomic mass is 79.9. The number of halogens is 1. The van der Waals surface area contributed by atoms with Crippen LogP contribution in [0.4, 0.5) is 0 Å². The van der Waals surface area contributed by atoms with E-state index in [4.69, 9.17) is 0 Å². The van der Waals surface area contributed by atoms with Crippen LogP contribution in [0.2, 0.25) is 0 Å². The molecule has 2 N–H and O–H groups in total. The zero-order chi connectivity index (χ0) is 15.4. The van der Waals surface area contributed by atoms with Crippen LogP contribution < -0.4 is 21.5 Å². The first-order valence-electron chi connectivity index (χ1n) is 7.66. The minimum Gasteiger partial charge on any atom is -1.00 e. The van der Waals surface area contributed by atoms with Gasteiger partial charge in [-0.2, -0.15) is 4.57 Å². The molecule has 0 bridgehead atoms. The molecule has 3 aromatic rings. The highest BCUT2D eigenvalue weighted by molar-refractivity contribution is 5.70. The molecular formula is C19H21BrN2O. The van der Waals surface area contributed by atoms with Crippen LogP contribution in [0.1, 0.15) is 19.2 Å². The van der Waals surface area contributed by atoms with Crippen molar-refractivity contribution in [2.75, 3.05) is 0 Å². The maximum atomic E-state index is 9.52. The molecule has 0 spiro atoms. The van der Waals surface area contributed by atoms with Crippen LogP contribution in [0.25, 0.3) is 16.8 Å². The number of aliphatic hydroxyl groups excluding tert-OH is 1. The molecule has 0 radical (unpaired) electrons. The van der Waals surface area contributed by atoms with Crippen LogP contribution in [0.3, 0.4) is 0 Å². The molecule has 3 rings (SSSR count). The monoisotopic (exact) mass is 372 g/mol. The van der Waals surface area contributed by atoms with Gasteiger partial charge in [-0.25, -0.2) is 4.98 Å². The van der Waals surface area contributed by atoms with Gasteiger partial charge in [0.15, 0.2) is 0 Å². The molecule has 0 fully saturated rings. The lowest BCUT2D eigenvalue weighted by Crippen LogP contribution is -3.00. The van der Waals surface area contributed by atoms with Crippen molar-refractivity contribution >= 4 is 0 Å². The van der Waals surface area contributed by atoms with Crippen molar-refractivity contribution in [3.8, 4) is 16.8 Å². The third kappa shape index (κ3) is 4.09. The van der Waals surface area contributed by atoms with E-state index < -0.39 is 0 Å². The van der Waals surface area contributed by atoms with E-state index in [1.54, 1.807) is 0 Å². The van der Waals surface area contributed by atoms with Gasteiger partial charge >= 0.3 is 0 Å². The third-order valence-electron chi connectivity index (χ3n) is 3.81. The first kappa shape index (κ1) is 17.4. The van der Waals surface area contributed by atoms with Crippen LogP contribution in [0, 0.1) is 0 Å². The summed E-state index contributed by atoms with van der Waals surface area (Å²) < 4.78 is 2.17. The first-order chi connectivity index (χ1) is 10.8. The van der Waals surface area contributed by atoms with Gasteiger partial charge in [0.1, 0.15) is 18.1 Å². The summed E-state index contributed by atoms with van der Waals surface area (Å²) in [6.45, 7) is 1.82. The molecule has 0 aliphatic carbocycles. The largest absolute Gasteiger partial charge is 1.00 e. The maximum absolute atomic E-state index is 9.52. The van der Waals surface area contributed by atoms with Crippen molar-refractivity contribution < 1.29 is 26.7 Å². The van der Waals surface area contributed by atoms with E-state index in [2.05, 4.69) is 58.1 Å². The molecule has 1 heterocycles. The summed E-state index contributed by atoms with van der Waals surface area (Å²) in [6.07, 6.45) is 5.25. The lowest BCUT2D eigenvalue weighted by Gasteiger charge is -2.08. The van der Waals surface area contributed by atoms with E-state index in [1.165, 1.54) is 11.1 Å². The quantitative estimate of drug-likeness (QED) is 0.620. The molecule has 3 nitrogen and oxygen atoms in total. The smallest absolute Gasteiger partial charge is 0.259 e. The predicted molar refractivity (Wildman–Crippen MR) is 87.8 cm³/mol. The van der Waals surface area contributed by atoms with Gasteiger partial charge in [-0.3, -0.25) is 0 Å². The second-order valence-electron chi connectivity index (χ2n) is 5.55. The number of benzene rings is 2. The van der Waals surface area contributed by atoms with Crippen LogP contribution in [0.5, 0.6) is 0 Å². The topological polar surface area (TPSA) is 39.9 Å². The Morgan fingerprint density at radius 3 is 2.48 bits per heavy atom. The van der Waals surface area contributed by atoms with Crippen molar-refractivity contribution in [3.05, 3.63) is 72.8 Å². The summed E-state index contributed by atoms with van der Waals surface area (Å²) >= 11 is 0. The third-order valence-corrected chi connectivity index (χ3v) is 3.81. The number of aliphatic hydroxyl groups is 1. The Labute approximate surface area is 147 Å². The lowest BCUT2D eigenvalue weighted by atomic mass is 10.0. The molecule has 23 heavy (non-hydrogen) atoms. The van der Waals surface area contributed by atoms with E-state index in [0.29, 0.717) is 0 Å². The zero-order valence-electron chi connectivity index (χ0n) is 13.1. The molecule has 0 aliphatic rings. The van der Waals surface area contributed by atoms with Gasteiger partial charge in [0.25, 0.3) is 5.82 Å². The number of para-hydroxylation sites is 1. The molecule has 0 amide bonds. The van der Waals surface area contributed by atoms with Crippen LogP contribution in [-0.4, -0.2) is 16.2 Å². The normalized spacial score (nSPS) is 11.7. The SMILES string of the molecule is CC(O)CCc1[nH]cc[n+]1-c1ccccc1-c1ccccc1.[Br-]. The fraction of sp³-hybridized carbons (Fsp3) is 0.211. The van der Waals surface area contributed by atoms with Crippen LogP contribution in [0.15, 0.2) is 67.0 Å². The Hall–Kier alpha value is -1.91. The summed E-state index contributed by atoms with van der Waals surface area (Å²) in [5, 5.41) is 9.52. The Morgan fingerprint density at radius 1 is 1.04 bits per heavy atom. The summed E-state index contributed by atoms with van der Waals surface area (Å²) in [5.74, 6) is 1.10. The summed E-state index contributed by atoms with van der Waals surface area (Å²) in [7, 11) is 0.